The molecule has 4 nitrogen and oxygen atoms in total. The van der Waals surface area contributed by atoms with Gasteiger partial charge in [-0.1, -0.05) is 18.2 Å². The molecule has 29 heavy (non-hydrogen) atoms. The summed E-state index contributed by atoms with van der Waals surface area (Å²) in [5.74, 6) is 1.25. The molecular weight excluding hydrogens is 369 g/mol. The van der Waals surface area contributed by atoms with Crippen LogP contribution in [0.5, 0.6) is 11.5 Å². The zero-order valence-electron chi connectivity index (χ0n) is 17.4. The summed E-state index contributed by atoms with van der Waals surface area (Å²) < 4.78 is 24.7. The Balaban J connectivity index is 1.51. The number of aliphatic hydroxyl groups is 1. The maximum Gasteiger partial charge on any atom is 0.161 e. The SMILES string of the molecule is COc1ccc(CN2C3CCC2CC(O)(c2ccc(F)cc2)C3)cc1OC(C)C. The van der Waals surface area contributed by atoms with Gasteiger partial charge in [-0.2, -0.15) is 0 Å². The number of rotatable bonds is 6. The van der Waals surface area contributed by atoms with Crippen LogP contribution in [0.4, 0.5) is 4.39 Å². The fourth-order valence-electron chi connectivity index (χ4n) is 4.95. The maximum atomic E-state index is 13.3. The summed E-state index contributed by atoms with van der Waals surface area (Å²) in [7, 11) is 1.66. The average Bonchev–Trinajstić information content (AvgIpc) is 2.92. The summed E-state index contributed by atoms with van der Waals surface area (Å²) >= 11 is 0. The minimum atomic E-state index is -0.873. The van der Waals surface area contributed by atoms with Crippen LogP contribution >= 0.6 is 0 Å². The summed E-state index contributed by atoms with van der Waals surface area (Å²) in [6.45, 7) is 4.84. The van der Waals surface area contributed by atoms with Crippen molar-refractivity contribution >= 4 is 0 Å². The van der Waals surface area contributed by atoms with E-state index in [0.717, 1.165) is 36.4 Å². The maximum absolute atomic E-state index is 13.3. The van der Waals surface area contributed by atoms with Crippen molar-refractivity contribution in [3.8, 4) is 11.5 Å². The van der Waals surface area contributed by atoms with Crippen LogP contribution in [0.25, 0.3) is 0 Å². The van der Waals surface area contributed by atoms with Crippen molar-refractivity contribution in [3.63, 3.8) is 0 Å². The Hall–Kier alpha value is -2.11. The number of halogens is 1. The van der Waals surface area contributed by atoms with Crippen molar-refractivity contribution in [3.05, 3.63) is 59.4 Å². The van der Waals surface area contributed by atoms with E-state index in [-0.39, 0.29) is 11.9 Å². The van der Waals surface area contributed by atoms with Gasteiger partial charge in [-0.15, -0.1) is 0 Å². The number of hydrogen-bond donors (Lipinski definition) is 1. The van der Waals surface area contributed by atoms with Gasteiger partial charge in [0.1, 0.15) is 5.82 Å². The van der Waals surface area contributed by atoms with Crippen LogP contribution < -0.4 is 9.47 Å². The standard InChI is InChI=1S/C24H30FNO3/c1-16(2)29-23-12-17(4-11-22(23)28-3)15-26-20-9-10-21(26)14-24(27,13-20)18-5-7-19(25)8-6-18/h4-8,11-12,16,20-21,27H,9-10,13-15H2,1-3H3. The van der Waals surface area contributed by atoms with E-state index in [1.54, 1.807) is 19.2 Å². The van der Waals surface area contributed by atoms with Crippen molar-refractivity contribution in [2.45, 2.75) is 69.9 Å². The lowest BCUT2D eigenvalue weighted by Gasteiger charge is -2.44. The monoisotopic (exact) mass is 399 g/mol. The molecule has 4 rings (SSSR count). The summed E-state index contributed by atoms with van der Waals surface area (Å²) in [6, 6.07) is 13.1. The number of fused-ring (bicyclic) bond motifs is 2. The average molecular weight is 400 g/mol. The first-order valence-electron chi connectivity index (χ1n) is 10.5. The molecule has 2 aliphatic heterocycles. The Kier molecular flexibility index (Phi) is 5.54. The molecule has 156 valence electrons. The zero-order chi connectivity index (χ0) is 20.6. The van der Waals surface area contributed by atoms with Crippen LogP contribution in [0.15, 0.2) is 42.5 Å². The molecule has 2 unspecified atom stereocenters. The summed E-state index contributed by atoms with van der Waals surface area (Å²) in [6.07, 6.45) is 3.61. The van der Waals surface area contributed by atoms with Crippen molar-refractivity contribution in [1.29, 1.82) is 0 Å². The highest BCUT2D eigenvalue weighted by Crippen LogP contribution is 2.46. The van der Waals surface area contributed by atoms with Crippen molar-refractivity contribution in [2.24, 2.45) is 0 Å². The second kappa shape index (κ2) is 7.96. The quantitative estimate of drug-likeness (QED) is 0.769. The van der Waals surface area contributed by atoms with E-state index >= 15 is 0 Å². The number of hydrogen-bond acceptors (Lipinski definition) is 4. The van der Waals surface area contributed by atoms with Crippen molar-refractivity contribution in [1.82, 2.24) is 4.90 Å². The van der Waals surface area contributed by atoms with Gasteiger partial charge in [-0.05, 0) is 74.9 Å². The molecule has 2 bridgehead atoms. The molecule has 0 aliphatic carbocycles. The number of methoxy groups -OCH3 is 1. The fourth-order valence-corrected chi connectivity index (χ4v) is 4.95. The second-order valence-electron chi connectivity index (χ2n) is 8.66. The van der Waals surface area contributed by atoms with E-state index in [1.165, 1.54) is 17.7 Å². The highest BCUT2D eigenvalue weighted by atomic mass is 19.1. The Morgan fingerprint density at radius 3 is 2.31 bits per heavy atom. The molecular formula is C24H30FNO3. The summed E-state index contributed by atoms with van der Waals surface area (Å²) in [5.41, 5.74) is 1.14. The Morgan fingerprint density at radius 2 is 1.72 bits per heavy atom. The van der Waals surface area contributed by atoms with Gasteiger partial charge >= 0.3 is 0 Å². The van der Waals surface area contributed by atoms with Gasteiger partial charge in [-0.25, -0.2) is 4.39 Å². The minimum absolute atomic E-state index is 0.0797. The normalized spacial score (nSPS) is 26.7. The molecule has 1 N–H and O–H groups in total. The first kappa shape index (κ1) is 20.2. The molecule has 2 saturated heterocycles. The highest BCUT2D eigenvalue weighted by molar-refractivity contribution is 5.43. The number of nitrogens with zero attached hydrogens (tertiary/aromatic N) is 1. The van der Waals surface area contributed by atoms with Crippen LogP contribution in [0, 0.1) is 5.82 Å². The predicted molar refractivity (Wildman–Crippen MR) is 111 cm³/mol. The second-order valence-corrected chi connectivity index (χ2v) is 8.66. The van der Waals surface area contributed by atoms with Crippen LogP contribution in [-0.4, -0.2) is 35.3 Å². The lowest BCUT2D eigenvalue weighted by molar-refractivity contribution is -0.0595. The first-order chi connectivity index (χ1) is 13.9. The molecule has 2 heterocycles. The van der Waals surface area contributed by atoms with Crippen LogP contribution in [-0.2, 0) is 12.1 Å². The first-order valence-corrected chi connectivity index (χ1v) is 10.5. The molecule has 2 aromatic carbocycles. The molecule has 2 fully saturated rings. The molecule has 0 amide bonds. The van der Waals surface area contributed by atoms with E-state index in [9.17, 15) is 9.50 Å². The Labute approximate surface area is 172 Å². The predicted octanol–water partition coefficient (Wildman–Crippen LogP) is 4.64. The summed E-state index contributed by atoms with van der Waals surface area (Å²) in [5, 5.41) is 11.3. The third-order valence-corrected chi connectivity index (χ3v) is 6.26. The molecule has 2 aliphatic rings. The van der Waals surface area contributed by atoms with Gasteiger partial charge < -0.3 is 14.6 Å². The smallest absolute Gasteiger partial charge is 0.161 e. The van der Waals surface area contributed by atoms with E-state index in [4.69, 9.17) is 9.47 Å². The molecule has 2 atom stereocenters. The highest BCUT2D eigenvalue weighted by Gasteiger charge is 2.48. The van der Waals surface area contributed by atoms with E-state index < -0.39 is 5.60 Å². The lowest BCUT2D eigenvalue weighted by atomic mass is 9.80. The van der Waals surface area contributed by atoms with Crippen LogP contribution in [0.1, 0.15) is 50.7 Å². The van der Waals surface area contributed by atoms with E-state index in [0.29, 0.717) is 24.9 Å². The number of ether oxygens (including phenoxy) is 2. The van der Waals surface area contributed by atoms with Gasteiger partial charge in [0.2, 0.25) is 0 Å². The molecule has 0 radical (unpaired) electrons. The lowest BCUT2D eigenvalue weighted by Crippen LogP contribution is -2.49. The Morgan fingerprint density at radius 1 is 1.07 bits per heavy atom. The van der Waals surface area contributed by atoms with Gasteiger partial charge in [0.15, 0.2) is 11.5 Å². The largest absolute Gasteiger partial charge is 0.493 e. The van der Waals surface area contributed by atoms with Crippen molar-refractivity contribution in [2.75, 3.05) is 7.11 Å². The number of benzene rings is 2. The molecule has 0 spiro atoms. The molecule has 2 aromatic rings. The fraction of sp³-hybridized carbons (Fsp3) is 0.500. The third-order valence-electron chi connectivity index (χ3n) is 6.26. The molecule has 5 heteroatoms. The topological polar surface area (TPSA) is 41.9 Å². The van der Waals surface area contributed by atoms with E-state index in [2.05, 4.69) is 17.0 Å². The third kappa shape index (κ3) is 4.12. The zero-order valence-corrected chi connectivity index (χ0v) is 17.4. The van der Waals surface area contributed by atoms with Crippen LogP contribution in [0.3, 0.4) is 0 Å². The van der Waals surface area contributed by atoms with Gasteiger partial charge in [0, 0.05) is 18.6 Å². The Bertz CT molecular complexity index is 838. The van der Waals surface area contributed by atoms with E-state index in [1.807, 2.05) is 19.9 Å². The van der Waals surface area contributed by atoms with Crippen molar-refractivity contribution < 1.29 is 19.0 Å². The molecule has 0 saturated carbocycles. The minimum Gasteiger partial charge on any atom is -0.493 e. The van der Waals surface area contributed by atoms with Crippen LogP contribution in [0.2, 0.25) is 0 Å². The number of piperidine rings is 1. The van der Waals surface area contributed by atoms with Gasteiger partial charge in [0.25, 0.3) is 0 Å². The van der Waals surface area contributed by atoms with Gasteiger partial charge in [0.05, 0.1) is 18.8 Å². The molecule has 0 aromatic heterocycles. The summed E-state index contributed by atoms with van der Waals surface area (Å²) in [4.78, 5) is 2.51. The van der Waals surface area contributed by atoms with Gasteiger partial charge in [-0.3, -0.25) is 4.90 Å².